The van der Waals surface area contributed by atoms with Crippen molar-refractivity contribution in [2.75, 3.05) is 13.1 Å². The van der Waals surface area contributed by atoms with E-state index in [0.717, 1.165) is 29.7 Å². The van der Waals surface area contributed by atoms with E-state index >= 15 is 0 Å². The van der Waals surface area contributed by atoms with Crippen LogP contribution in [0.25, 0.3) is 11.0 Å². The zero-order chi connectivity index (χ0) is 13.8. The van der Waals surface area contributed by atoms with Crippen LogP contribution in [-0.4, -0.2) is 23.9 Å². The molecule has 4 nitrogen and oxygen atoms in total. The lowest BCUT2D eigenvalue weighted by Crippen LogP contribution is -2.36. The average molecular weight is 260 g/mol. The summed E-state index contributed by atoms with van der Waals surface area (Å²) in [4.78, 5) is 13.2. The predicted molar refractivity (Wildman–Crippen MR) is 75.7 cm³/mol. The standard InChI is InChI=1S/C15H20N2O2/c1-3-8-17(10-15(16)18)11(2)14-9-12-6-4-5-7-13(12)19-14/h4-7,9,11H,3,8,10H2,1-2H3,(H2,16,18). The quantitative estimate of drug-likeness (QED) is 0.868. The SMILES string of the molecule is CCCN(CC(N)=O)C(C)c1cc2ccccc2o1. The number of para-hydroxylation sites is 1. The monoisotopic (exact) mass is 260 g/mol. The molecule has 0 aliphatic carbocycles. The molecule has 2 N–H and O–H groups in total. The third-order valence-electron chi connectivity index (χ3n) is 3.27. The Kier molecular flexibility index (Phi) is 4.22. The van der Waals surface area contributed by atoms with Crippen LogP contribution in [0.1, 0.15) is 32.1 Å². The number of primary amides is 1. The van der Waals surface area contributed by atoms with Crippen molar-refractivity contribution in [2.24, 2.45) is 5.73 Å². The minimum Gasteiger partial charge on any atom is -0.459 e. The van der Waals surface area contributed by atoms with Gasteiger partial charge in [0.1, 0.15) is 11.3 Å². The van der Waals surface area contributed by atoms with Crippen LogP contribution in [0, 0.1) is 0 Å². The first-order valence-electron chi connectivity index (χ1n) is 6.62. The van der Waals surface area contributed by atoms with E-state index in [0.29, 0.717) is 0 Å². The second-order valence-electron chi connectivity index (χ2n) is 4.80. The molecule has 19 heavy (non-hydrogen) atoms. The molecule has 0 saturated heterocycles. The van der Waals surface area contributed by atoms with Crippen LogP contribution < -0.4 is 5.73 Å². The molecule has 102 valence electrons. The summed E-state index contributed by atoms with van der Waals surface area (Å²) in [5.74, 6) is 0.562. The first-order chi connectivity index (χ1) is 9.11. The molecule has 1 unspecified atom stereocenters. The molecule has 0 spiro atoms. The Balaban J connectivity index is 2.24. The van der Waals surface area contributed by atoms with Gasteiger partial charge >= 0.3 is 0 Å². The van der Waals surface area contributed by atoms with Gasteiger partial charge in [-0.1, -0.05) is 25.1 Å². The Morgan fingerprint density at radius 2 is 2.16 bits per heavy atom. The van der Waals surface area contributed by atoms with Gasteiger partial charge in [-0.15, -0.1) is 0 Å². The molecule has 1 aromatic carbocycles. The van der Waals surface area contributed by atoms with E-state index in [1.807, 2.05) is 42.2 Å². The molecule has 1 atom stereocenters. The van der Waals surface area contributed by atoms with Crippen LogP contribution in [0.5, 0.6) is 0 Å². The third kappa shape index (κ3) is 3.15. The van der Waals surface area contributed by atoms with Crippen molar-refractivity contribution in [3.63, 3.8) is 0 Å². The van der Waals surface area contributed by atoms with Crippen molar-refractivity contribution in [1.29, 1.82) is 0 Å². The number of carbonyl (C=O) groups excluding carboxylic acids is 1. The van der Waals surface area contributed by atoms with Gasteiger partial charge in [-0.2, -0.15) is 0 Å². The van der Waals surface area contributed by atoms with Crippen LogP contribution in [0.2, 0.25) is 0 Å². The van der Waals surface area contributed by atoms with E-state index in [1.165, 1.54) is 0 Å². The summed E-state index contributed by atoms with van der Waals surface area (Å²) in [5, 5.41) is 1.08. The van der Waals surface area contributed by atoms with Gasteiger partial charge in [0.2, 0.25) is 5.91 Å². The van der Waals surface area contributed by atoms with Crippen molar-refractivity contribution < 1.29 is 9.21 Å². The molecule has 1 amide bonds. The summed E-state index contributed by atoms with van der Waals surface area (Å²) in [6.07, 6.45) is 0.970. The second-order valence-corrected chi connectivity index (χ2v) is 4.80. The largest absolute Gasteiger partial charge is 0.459 e. The van der Waals surface area contributed by atoms with Crippen molar-refractivity contribution in [2.45, 2.75) is 26.3 Å². The molecule has 0 saturated carbocycles. The maximum Gasteiger partial charge on any atom is 0.231 e. The smallest absolute Gasteiger partial charge is 0.231 e. The van der Waals surface area contributed by atoms with Gasteiger partial charge in [-0.3, -0.25) is 9.69 Å². The lowest BCUT2D eigenvalue weighted by atomic mass is 10.2. The number of nitrogens with zero attached hydrogens (tertiary/aromatic N) is 1. The summed E-state index contributed by atoms with van der Waals surface area (Å²) < 4.78 is 5.84. The Morgan fingerprint density at radius 1 is 1.42 bits per heavy atom. The molecule has 0 aliphatic rings. The molecule has 2 aromatic rings. The van der Waals surface area contributed by atoms with E-state index in [9.17, 15) is 4.79 Å². The highest BCUT2D eigenvalue weighted by atomic mass is 16.3. The number of hydrogen-bond donors (Lipinski definition) is 1. The summed E-state index contributed by atoms with van der Waals surface area (Å²) in [6, 6.07) is 9.98. The first-order valence-corrected chi connectivity index (χ1v) is 6.62. The van der Waals surface area contributed by atoms with Gasteiger partial charge in [0.15, 0.2) is 0 Å². The van der Waals surface area contributed by atoms with E-state index in [-0.39, 0.29) is 18.5 Å². The van der Waals surface area contributed by atoms with Gasteiger partial charge in [-0.25, -0.2) is 0 Å². The first kappa shape index (κ1) is 13.6. The number of fused-ring (bicyclic) bond motifs is 1. The number of amides is 1. The second kappa shape index (κ2) is 5.89. The van der Waals surface area contributed by atoms with Gasteiger partial charge in [0.05, 0.1) is 12.6 Å². The lowest BCUT2D eigenvalue weighted by Gasteiger charge is -2.25. The number of hydrogen-bond acceptors (Lipinski definition) is 3. The fourth-order valence-corrected chi connectivity index (χ4v) is 2.29. The lowest BCUT2D eigenvalue weighted by molar-refractivity contribution is -0.119. The molecule has 1 heterocycles. The number of carbonyl (C=O) groups is 1. The Labute approximate surface area is 113 Å². The Hall–Kier alpha value is -1.81. The minimum atomic E-state index is -0.309. The van der Waals surface area contributed by atoms with Gasteiger partial charge in [0, 0.05) is 5.39 Å². The fraction of sp³-hybridized carbons (Fsp3) is 0.400. The van der Waals surface area contributed by atoms with Crippen molar-refractivity contribution >= 4 is 16.9 Å². The molecular weight excluding hydrogens is 240 g/mol. The fourth-order valence-electron chi connectivity index (χ4n) is 2.29. The Morgan fingerprint density at radius 3 is 2.79 bits per heavy atom. The molecule has 0 fully saturated rings. The van der Waals surface area contributed by atoms with Crippen molar-refractivity contribution in [3.8, 4) is 0 Å². The van der Waals surface area contributed by atoms with Crippen LogP contribution in [0.3, 0.4) is 0 Å². The molecule has 1 aromatic heterocycles. The molecule has 0 radical (unpaired) electrons. The summed E-state index contributed by atoms with van der Waals surface area (Å²) >= 11 is 0. The van der Waals surface area contributed by atoms with Gasteiger partial charge in [-0.05, 0) is 32.0 Å². The molecule has 4 heteroatoms. The molecule has 2 rings (SSSR count). The highest BCUT2D eigenvalue weighted by Crippen LogP contribution is 2.27. The zero-order valence-electron chi connectivity index (χ0n) is 11.4. The van der Waals surface area contributed by atoms with Gasteiger partial charge < -0.3 is 10.2 Å². The number of furan rings is 1. The normalized spacial score (nSPS) is 13.0. The van der Waals surface area contributed by atoms with Crippen LogP contribution in [0.4, 0.5) is 0 Å². The maximum atomic E-state index is 11.1. The third-order valence-corrected chi connectivity index (χ3v) is 3.27. The molecule has 0 bridgehead atoms. The summed E-state index contributed by atoms with van der Waals surface area (Å²) in [7, 11) is 0. The minimum absolute atomic E-state index is 0.0415. The van der Waals surface area contributed by atoms with Crippen LogP contribution >= 0.6 is 0 Å². The predicted octanol–water partition coefficient (Wildman–Crippen LogP) is 2.69. The van der Waals surface area contributed by atoms with E-state index in [1.54, 1.807) is 0 Å². The summed E-state index contributed by atoms with van der Waals surface area (Å²) in [5.41, 5.74) is 6.18. The topological polar surface area (TPSA) is 59.5 Å². The molecular formula is C15H20N2O2. The van der Waals surface area contributed by atoms with Crippen LogP contribution in [0.15, 0.2) is 34.7 Å². The van der Waals surface area contributed by atoms with Crippen LogP contribution in [-0.2, 0) is 4.79 Å². The highest BCUT2D eigenvalue weighted by Gasteiger charge is 2.20. The maximum absolute atomic E-state index is 11.1. The Bertz CT molecular complexity index is 529. The van der Waals surface area contributed by atoms with Gasteiger partial charge in [0.25, 0.3) is 0 Å². The highest BCUT2D eigenvalue weighted by molar-refractivity contribution is 5.78. The van der Waals surface area contributed by atoms with Crippen molar-refractivity contribution in [1.82, 2.24) is 4.90 Å². The van der Waals surface area contributed by atoms with E-state index in [4.69, 9.17) is 10.2 Å². The average Bonchev–Trinajstić information content (AvgIpc) is 2.80. The van der Waals surface area contributed by atoms with E-state index < -0.39 is 0 Å². The zero-order valence-corrected chi connectivity index (χ0v) is 11.4. The summed E-state index contributed by atoms with van der Waals surface area (Å²) in [6.45, 7) is 5.20. The van der Waals surface area contributed by atoms with Crippen molar-refractivity contribution in [3.05, 3.63) is 36.1 Å². The number of nitrogens with two attached hydrogens (primary N) is 1. The number of rotatable bonds is 6. The molecule has 0 aliphatic heterocycles. The van der Waals surface area contributed by atoms with E-state index in [2.05, 4.69) is 6.92 Å². The number of benzene rings is 1.